The summed E-state index contributed by atoms with van der Waals surface area (Å²) in [4.78, 5) is 32.6. The number of para-hydroxylation sites is 1. The maximum Gasteiger partial charge on any atom is 0.417 e. The zero-order valence-electron chi connectivity index (χ0n) is 23.0. The van der Waals surface area contributed by atoms with Crippen molar-refractivity contribution < 1.29 is 18.7 Å². The standard InChI is InChI=1S/C33H28FN5O3/c1-20-25-10-6-5-7-21(25)15-16-38(20)32(40)28-18-26(22-11-12-22)31-29(36-28)19-39(37-31)30-14-13-23(17-27(30)34)35-33(41)42-24-8-3-2-4-9-24/h2-10,13-14,17-20,22H,11-12,15-16H2,1H3,(H,35,41). The molecule has 42 heavy (non-hydrogen) atoms. The molecule has 210 valence electrons. The number of aromatic nitrogens is 3. The summed E-state index contributed by atoms with van der Waals surface area (Å²) in [7, 11) is 0. The highest BCUT2D eigenvalue weighted by Gasteiger charge is 2.32. The van der Waals surface area contributed by atoms with E-state index in [4.69, 9.17) is 9.72 Å². The van der Waals surface area contributed by atoms with Crippen LogP contribution in [0.4, 0.5) is 14.9 Å². The summed E-state index contributed by atoms with van der Waals surface area (Å²) in [5.74, 6) is -0.00778. The van der Waals surface area contributed by atoms with Crippen LogP contribution < -0.4 is 10.1 Å². The van der Waals surface area contributed by atoms with Gasteiger partial charge in [0.2, 0.25) is 0 Å². The third-order valence-electron chi connectivity index (χ3n) is 7.99. The second kappa shape index (κ2) is 10.4. The number of benzene rings is 3. The first-order chi connectivity index (χ1) is 20.4. The number of carbonyl (C=O) groups excluding carboxylic acids is 2. The molecule has 0 bridgehead atoms. The largest absolute Gasteiger partial charge is 0.417 e. The van der Waals surface area contributed by atoms with E-state index in [1.165, 1.54) is 22.4 Å². The van der Waals surface area contributed by atoms with Gasteiger partial charge in [-0.15, -0.1) is 0 Å². The molecule has 7 rings (SSSR count). The van der Waals surface area contributed by atoms with Gasteiger partial charge >= 0.3 is 6.09 Å². The van der Waals surface area contributed by atoms with Crippen molar-refractivity contribution in [3.63, 3.8) is 0 Å². The fraction of sp³-hybridized carbons (Fsp3) is 0.212. The average Bonchev–Trinajstić information content (AvgIpc) is 3.75. The van der Waals surface area contributed by atoms with Crippen molar-refractivity contribution in [2.45, 2.75) is 38.1 Å². The topological polar surface area (TPSA) is 89.4 Å². The van der Waals surface area contributed by atoms with Crippen molar-refractivity contribution >= 4 is 28.7 Å². The van der Waals surface area contributed by atoms with E-state index >= 15 is 4.39 Å². The zero-order chi connectivity index (χ0) is 28.8. The van der Waals surface area contributed by atoms with Gasteiger partial charge in [-0.3, -0.25) is 10.1 Å². The SMILES string of the molecule is CC1c2ccccc2CCN1C(=O)c1cc(C2CC2)c2nn(-c3ccc(NC(=O)Oc4ccccc4)cc3F)cc2n1. The quantitative estimate of drug-likeness (QED) is 0.255. The van der Waals surface area contributed by atoms with Gasteiger partial charge in [0.15, 0.2) is 5.82 Å². The lowest BCUT2D eigenvalue weighted by molar-refractivity contribution is 0.0672. The molecule has 1 saturated carbocycles. The van der Waals surface area contributed by atoms with Crippen molar-refractivity contribution in [3.8, 4) is 11.4 Å². The molecule has 1 atom stereocenters. The summed E-state index contributed by atoms with van der Waals surface area (Å²) in [5, 5.41) is 7.23. The molecule has 0 saturated heterocycles. The first-order valence-corrected chi connectivity index (χ1v) is 14.1. The number of nitrogens with zero attached hydrogens (tertiary/aromatic N) is 4. The maximum absolute atomic E-state index is 15.3. The Morgan fingerprint density at radius 2 is 1.76 bits per heavy atom. The Morgan fingerprint density at radius 3 is 2.55 bits per heavy atom. The molecular weight excluding hydrogens is 533 g/mol. The molecule has 0 radical (unpaired) electrons. The highest BCUT2D eigenvalue weighted by molar-refractivity contribution is 5.96. The third-order valence-corrected chi connectivity index (χ3v) is 7.99. The lowest BCUT2D eigenvalue weighted by Gasteiger charge is -2.35. The number of rotatable bonds is 5. The van der Waals surface area contributed by atoms with Crippen molar-refractivity contribution in [1.29, 1.82) is 0 Å². The Morgan fingerprint density at radius 1 is 0.976 bits per heavy atom. The van der Waals surface area contributed by atoms with Gasteiger partial charge in [0, 0.05) is 12.2 Å². The minimum atomic E-state index is -0.722. The van der Waals surface area contributed by atoms with Gasteiger partial charge in [-0.05, 0) is 85.2 Å². The molecule has 3 aromatic carbocycles. The maximum atomic E-state index is 15.3. The number of amides is 2. The van der Waals surface area contributed by atoms with Gasteiger partial charge < -0.3 is 9.64 Å². The zero-order valence-corrected chi connectivity index (χ0v) is 23.0. The number of hydrogen-bond acceptors (Lipinski definition) is 5. The molecule has 5 aromatic rings. The molecule has 2 amide bonds. The van der Waals surface area contributed by atoms with Crippen LogP contribution in [0.25, 0.3) is 16.7 Å². The highest BCUT2D eigenvalue weighted by atomic mass is 19.1. The smallest absolute Gasteiger partial charge is 0.410 e. The second-order valence-electron chi connectivity index (χ2n) is 10.8. The Balaban J connectivity index is 1.16. The van der Waals surface area contributed by atoms with Gasteiger partial charge in [0.25, 0.3) is 5.91 Å². The van der Waals surface area contributed by atoms with Crippen LogP contribution in [0.5, 0.6) is 5.75 Å². The first-order valence-electron chi connectivity index (χ1n) is 14.1. The van der Waals surface area contributed by atoms with Gasteiger partial charge in [-0.2, -0.15) is 5.10 Å². The van der Waals surface area contributed by atoms with E-state index in [2.05, 4.69) is 29.5 Å². The van der Waals surface area contributed by atoms with Crippen LogP contribution in [0, 0.1) is 5.82 Å². The predicted octanol–water partition coefficient (Wildman–Crippen LogP) is 6.81. The van der Waals surface area contributed by atoms with Gasteiger partial charge in [-0.1, -0.05) is 42.5 Å². The molecule has 1 aliphatic carbocycles. The van der Waals surface area contributed by atoms with Crippen LogP contribution in [0.3, 0.4) is 0 Å². The number of nitrogens with one attached hydrogen (secondary N) is 1. The molecule has 8 nitrogen and oxygen atoms in total. The lowest BCUT2D eigenvalue weighted by Crippen LogP contribution is -2.39. The summed E-state index contributed by atoms with van der Waals surface area (Å²) >= 11 is 0. The molecule has 1 aliphatic heterocycles. The van der Waals surface area contributed by atoms with Gasteiger partial charge in [-0.25, -0.2) is 18.9 Å². The van der Waals surface area contributed by atoms with E-state index in [9.17, 15) is 9.59 Å². The number of anilines is 1. The fourth-order valence-electron chi connectivity index (χ4n) is 5.67. The van der Waals surface area contributed by atoms with Crippen LogP contribution in [-0.2, 0) is 6.42 Å². The second-order valence-corrected chi connectivity index (χ2v) is 10.8. The Hall–Kier alpha value is -5.05. The molecular formula is C33H28FN5O3. The number of carbonyl (C=O) groups is 2. The summed E-state index contributed by atoms with van der Waals surface area (Å²) in [6.45, 7) is 2.68. The van der Waals surface area contributed by atoms with E-state index in [1.807, 2.05) is 29.2 Å². The number of hydrogen-bond donors (Lipinski definition) is 1. The van der Waals surface area contributed by atoms with Crippen LogP contribution in [-0.4, -0.2) is 38.2 Å². The van der Waals surface area contributed by atoms with E-state index in [0.717, 1.165) is 30.4 Å². The number of ether oxygens (including phenoxy) is 1. The van der Waals surface area contributed by atoms with E-state index in [1.54, 1.807) is 36.5 Å². The van der Waals surface area contributed by atoms with Crippen molar-refractivity contribution in [3.05, 3.63) is 113 Å². The van der Waals surface area contributed by atoms with Crippen molar-refractivity contribution in [1.82, 2.24) is 19.7 Å². The predicted molar refractivity (Wildman–Crippen MR) is 156 cm³/mol. The van der Waals surface area contributed by atoms with Crippen LogP contribution in [0.2, 0.25) is 0 Å². The number of pyridine rings is 1. The molecule has 2 aliphatic rings. The molecule has 3 heterocycles. The van der Waals surface area contributed by atoms with E-state index in [-0.39, 0.29) is 23.3 Å². The number of fused-ring (bicyclic) bond motifs is 2. The van der Waals surface area contributed by atoms with Gasteiger partial charge in [0.05, 0.1) is 12.2 Å². The van der Waals surface area contributed by atoms with E-state index in [0.29, 0.717) is 34.9 Å². The molecule has 2 aromatic heterocycles. The Bertz CT molecular complexity index is 1830. The number of halogens is 1. The van der Waals surface area contributed by atoms with Crippen LogP contribution in [0.1, 0.15) is 58.9 Å². The average molecular weight is 562 g/mol. The summed E-state index contributed by atoms with van der Waals surface area (Å²) in [5.41, 5.74) is 5.44. The third kappa shape index (κ3) is 4.87. The minimum absolute atomic E-state index is 0.0572. The van der Waals surface area contributed by atoms with Crippen molar-refractivity contribution in [2.24, 2.45) is 0 Å². The molecule has 9 heteroatoms. The highest BCUT2D eigenvalue weighted by Crippen LogP contribution is 2.43. The molecule has 1 unspecified atom stereocenters. The molecule has 1 fully saturated rings. The summed E-state index contributed by atoms with van der Waals surface area (Å²) < 4.78 is 22.0. The molecule has 0 spiro atoms. The summed E-state index contributed by atoms with van der Waals surface area (Å²) in [6.07, 6.45) is 3.76. The normalized spacial score (nSPS) is 16.2. The fourth-order valence-corrected chi connectivity index (χ4v) is 5.67. The lowest BCUT2D eigenvalue weighted by atomic mass is 9.93. The first kappa shape index (κ1) is 25.9. The minimum Gasteiger partial charge on any atom is -0.410 e. The monoisotopic (exact) mass is 561 g/mol. The van der Waals surface area contributed by atoms with Gasteiger partial charge in [0.1, 0.15) is 28.2 Å². The van der Waals surface area contributed by atoms with Crippen molar-refractivity contribution in [2.75, 3.05) is 11.9 Å². The van der Waals surface area contributed by atoms with E-state index < -0.39 is 11.9 Å². The van der Waals surface area contributed by atoms with Crippen LogP contribution in [0.15, 0.2) is 85.1 Å². The summed E-state index contributed by atoms with van der Waals surface area (Å²) in [6, 6.07) is 23.0. The Labute approximate surface area is 241 Å². The molecule has 1 N–H and O–H groups in total. The van der Waals surface area contributed by atoms with Crippen LogP contribution >= 0.6 is 0 Å². The Kier molecular flexibility index (Phi) is 6.42.